The molecule has 0 aromatic heterocycles. The number of carbonyl (C=O) groups is 1. The molecule has 0 saturated heterocycles. The summed E-state index contributed by atoms with van der Waals surface area (Å²) in [6.07, 6.45) is -7.66. The number of nitrogens with zero attached hydrogens (tertiary/aromatic N) is 1. The van der Waals surface area contributed by atoms with Crippen molar-refractivity contribution in [2.75, 3.05) is 4.90 Å². The molecular weight excluding hydrogens is 274 g/mol. The van der Waals surface area contributed by atoms with Gasteiger partial charge in [0, 0.05) is 0 Å². The van der Waals surface area contributed by atoms with Crippen molar-refractivity contribution in [2.45, 2.75) is 6.30 Å². The summed E-state index contributed by atoms with van der Waals surface area (Å²) < 4.78 is 50.2. The Kier molecular flexibility index (Phi) is 3.74. The molecule has 6 heteroatoms. The van der Waals surface area contributed by atoms with E-state index in [1.165, 1.54) is 12.1 Å². The van der Waals surface area contributed by atoms with Crippen LogP contribution in [0.2, 0.25) is 0 Å². The quantitative estimate of drug-likeness (QED) is 0.441. The average molecular weight is 283 g/mol. The zero-order chi connectivity index (χ0) is 14.8. The summed E-state index contributed by atoms with van der Waals surface area (Å²) in [5.74, 6) is 0. The van der Waals surface area contributed by atoms with Crippen LogP contribution in [0.25, 0.3) is 11.1 Å². The van der Waals surface area contributed by atoms with Gasteiger partial charge in [-0.1, -0.05) is 42.5 Å². The first kappa shape index (κ1) is 14.0. The summed E-state index contributed by atoms with van der Waals surface area (Å²) in [5.41, 5.74) is 0.914. The Morgan fingerprint density at radius 3 is 1.80 bits per heavy atom. The van der Waals surface area contributed by atoms with Crippen LogP contribution in [0, 0.1) is 0 Å². The Labute approximate surface area is 112 Å². The highest BCUT2D eigenvalue weighted by atomic mass is 19.4. The minimum absolute atomic E-state index is 0.565. The van der Waals surface area contributed by atoms with E-state index in [0.29, 0.717) is 5.56 Å². The minimum atomic E-state index is -5.10. The van der Waals surface area contributed by atoms with Crippen molar-refractivity contribution in [3.8, 4) is 11.1 Å². The SMILES string of the molecule is O=C(F)N(c1ccc(-c2ccccc2)cc1)C(F)(F)F. The third-order valence-electron chi connectivity index (χ3n) is 2.66. The Morgan fingerprint density at radius 2 is 1.35 bits per heavy atom. The minimum Gasteiger partial charge on any atom is -0.233 e. The number of rotatable bonds is 2. The number of benzene rings is 2. The van der Waals surface area contributed by atoms with Gasteiger partial charge in [-0.2, -0.15) is 4.90 Å². The Bertz CT molecular complexity index is 593. The fourth-order valence-corrected chi connectivity index (χ4v) is 1.78. The molecule has 2 aromatic rings. The van der Waals surface area contributed by atoms with E-state index >= 15 is 0 Å². The van der Waals surface area contributed by atoms with Gasteiger partial charge in [-0.05, 0) is 23.3 Å². The Balaban J connectivity index is 2.35. The van der Waals surface area contributed by atoms with Crippen LogP contribution in [-0.2, 0) is 0 Å². The summed E-state index contributed by atoms with van der Waals surface area (Å²) in [6, 6.07) is 13.9. The van der Waals surface area contributed by atoms with E-state index in [1.807, 2.05) is 6.07 Å². The fourth-order valence-electron chi connectivity index (χ4n) is 1.78. The van der Waals surface area contributed by atoms with Gasteiger partial charge in [-0.15, -0.1) is 17.6 Å². The zero-order valence-corrected chi connectivity index (χ0v) is 10.1. The number of carbonyl (C=O) groups excluding carboxylic acids is 1. The lowest BCUT2D eigenvalue weighted by Crippen LogP contribution is -2.40. The molecular formula is C14H9F4NO. The third-order valence-corrected chi connectivity index (χ3v) is 2.66. The molecule has 0 fully saturated rings. The summed E-state index contributed by atoms with van der Waals surface area (Å²) in [4.78, 5) is 9.64. The highest BCUT2D eigenvalue weighted by Gasteiger charge is 2.42. The largest absolute Gasteiger partial charge is 0.493 e. The molecule has 0 bridgehead atoms. The number of hydrogen-bond acceptors (Lipinski definition) is 1. The van der Waals surface area contributed by atoms with Crippen molar-refractivity contribution >= 4 is 11.8 Å². The average Bonchev–Trinajstić information content (AvgIpc) is 2.38. The van der Waals surface area contributed by atoms with Crippen LogP contribution in [0.3, 0.4) is 0 Å². The first-order chi connectivity index (χ1) is 9.39. The van der Waals surface area contributed by atoms with Crippen molar-refractivity contribution in [1.82, 2.24) is 0 Å². The molecule has 104 valence electrons. The predicted octanol–water partition coefficient (Wildman–Crippen LogP) is 4.77. The topological polar surface area (TPSA) is 20.3 Å². The summed E-state index contributed by atoms with van der Waals surface area (Å²) in [7, 11) is 0. The number of halogens is 4. The maximum Gasteiger partial charge on any atom is 0.493 e. The molecule has 0 heterocycles. The molecule has 2 aromatic carbocycles. The number of amides is 1. The van der Waals surface area contributed by atoms with Gasteiger partial charge in [0.05, 0.1) is 5.69 Å². The lowest BCUT2D eigenvalue weighted by atomic mass is 10.1. The molecule has 0 unspecified atom stereocenters. The van der Waals surface area contributed by atoms with E-state index in [-0.39, 0.29) is 0 Å². The molecule has 0 spiro atoms. The van der Waals surface area contributed by atoms with Crippen molar-refractivity contribution in [3.05, 3.63) is 54.6 Å². The lowest BCUT2D eigenvalue weighted by molar-refractivity contribution is -0.122. The third kappa shape index (κ3) is 2.96. The number of alkyl halides is 3. The van der Waals surface area contributed by atoms with Gasteiger partial charge < -0.3 is 0 Å². The van der Waals surface area contributed by atoms with Gasteiger partial charge in [-0.25, -0.2) is 4.79 Å². The molecule has 2 nitrogen and oxygen atoms in total. The molecule has 0 radical (unpaired) electrons. The number of anilines is 1. The summed E-state index contributed by atoms with van der Waals surface area (Å²) in [5, 5.41) is 0. The smallest absolute Gasteiger partial charge is 0.233 e. The second-order valence-electron chi connectivity index (χ2n) is 3.97. The van der Waals surface area contributed by atoms with Gasteiger partial charge >= 0.3 is 12.5 Å². The Morgan fingerprint density at radius 1 is 0.850 bits per heavy atom. The van der Waals surface area contributed by atoms with Crippen molar-refractivity contribution in [1.29, 1.82) is 0 Å². The maximum absolute atomic E-state index is 12.5. The van der Waals surface area contributed by atoms with Crippen LogP contribution in [0.15, 0.2) is 54.6 Å². The van der Waals surface area contributed by atoms with Gasteiger partial charge in [0.2, 0.25) is 0 Å². The van der Waals surface area contributed by atoms with Gasteiger partial charge in [0.25, 0.3) is 0 Å². The predicted molar refractivity (Wildman–Crippen MR) is 66.9 cm³/mol. The van der Waals surface area contributed by atoms with E-state index in [4.69, 9.17) is 0 Å². The Hall–Kier alpha value is -2.37. The van der Waals surface area contributed by atoms with Crippen molar-refractivity contribution in [3.63, 3.8) is 0 Å². The first-order valence-corrected chi connectivity index (χ1v) is 5.61. The van der Waals surface area contributed by atoms with E-state index in [9.17, 15) is 22.4 Å². The van der Waals surface area contributed by atoms with Gasteiger partial charge in [-0.3, -0.25) is 0 Å². The first-order valence-electron chi connectivity index (χ1n) is 5.61. The zero-order valence-electron chi connectivity index (χ0n) is 10.1. The molecule has 20 heavy (non-hydrogen) atoms. The van der Waals surface area contributed by atoms with Crippen molar-refractivity contribution in [2.24, 2.45) is 0 Å². The summed E-state index contributed by atoms with van der Waals surface area (Å²) >= 11 is 0. The summed E-state index contributed by atoms with van der Waals surface area (Å²) in [6.45, 7) is 0. The van der Waals surface area contributed by atoms with Crippen LogP contribution < -0.4 is 4.90 Å². The standard InChI is InChI=1S/C14H9F4NO/c15-13(20)19(14(16,17)18)12-8-6-11(7-9-12)10-4-2-1-3-5-10/h1-9H. The maximum atomic E-state index is 12.5. The molecule has 0 saturated carbocycles. The lowest BCUT2D eigenvalue weighted by Gasteiger charge is -2.21. The van der Waals surface area contributed by atoms with Crippen LogP contribution >= 0.6 is 0 Å². The molecule has 2 rings (SSSR count). The van der Waals surface area contributed by atoms with E-state index < -0.39 is 23.0 Å². The number of hydrogen-bond donors (Lipinski definition) is 0. The fraction of sp³-hybridized carbons (Fsp3) is 0.0714. The van der Waals surface area contributed by atoms with Gasteiger partial charge in [0.1, 0.15) is 0 Å². The molecule has 0 N–H and O–H groups in total. The molecule has 0 aliphatic rings. The van der Waals surface area contributed by atoms with E-state index in [0.717, 1.165) is 17.7 Å². The van der Waals surface area contributed by atoms with Crippen LogP contribution in [0.1, 0.15) is 0 Å². The van der Waals surface area contributed by atoms with Crippen LogP contribution in [-0.4, -0.2) is 12.5 Å². The second kappa shape index (κ2) is 5.32. The van der Waals surface area contributed by atoms with E-state index in [1.54, 1.807) is 24.3 Å². The van der Waals surface area contributed by atoms with Crippen molar-refractivity contribution < 1.29 is 22.4 Å². The van der Waals surface area contributed by atoms with Crippen LogP contribution in [0.4, 0.5) is 28.0 Å². The van der Waals surface area contributed by atoms with Crippen LogP contribution in [0.5, 0.6) is 0 Å². The monoisotopic (exact) mass is 283 g/mol. The normalized spacial score (nSPS) is 11.2. The molecule has 0 aliphatic heterocycles. The highest BCUT2D eigenvalue weighted by molar-refractivity contribution is 5.87. The molecule has 0 aliphatic carbocycles. The molecule has 1 amide bonds. The molecule has 0 atom stereocenters. The highest BCUT2D eigenvalue weighted by Crippen LogP contribution is 2.31. The van der Waals surface area contributed by atoms with Gasteiger partial charge in [0.15, 0.2) is 0 Å². The second-order valence-corrected chi connectivity index (χ2v) is 3.97. The van der Waals surface area contributed by atoms with E-state index in [2.05, 4.69) is 0 Å².